The number of carbonyl (C=O) groups is 2. The smallest absolute Gasteiger partial charge is 0.305 e. The van der Waals surface area contributed by atoms with Gasteiger partial charge in [-0.05, 0) is 66.1 Å². The summed E-state index contributed by atoms with van der Waals surface area (Å²) in [5, 5.41) is 10.9. The molecule has 4 aliphatic rings. The van der Waals surface area contributed by atoms with Gasteiger partial charge >= 0.3 is 4.87 Å². The predicted molar refractivity (Wildman–Crippen MR) is 132 cm³/mol. The van der Waals surface area contributed by atoms with Crippen molar-refractivity contribution in [2.45, 2.75) is 22.6 Å². The van der Waals surface area contributed by atoms with Crippen LogP contribution in [0.3, 0.4) is 0 Å². The molecular weight excluding hydrogens is 484 g/mol. The van der Waals surface area contributed by atoms with Gasteiger partial charge in [-0.3, -0.25) is 19.3 Å². The number of methoxy groups -OCH3 is 1. The van der Waals surface area contributed by atoms with E-state index in [2.05, 4.69) is 4.98 Å². The number of phenols is 1. The standard InChI is InChI=1S/C26H22N2O5S2/c1-33-14-8-4-12(5-9-14)28-24(30)19-15-10-16(20(19)25(28)31)21-18(15)17(11-2-6-13(29)7-3-11)22-23(34-21)27-26(32)35-22/h2-9,15-21,29H,10H2,1H3,(H,27,32)/t15-,16-,17+,18-,19+,20-,21-/m1/s1. The van der Waals surface area contributed by atoms with Gasteiger partial charge in [0, 0.05) is 16.0 Å². The Balaban J connectivity index is 1.30. The molecule has 2 aliphatic heterocycles. The second-order valence-electron chi connectivity index (χ2n) is 9.76. The number of H-pyrrole nitrogens is 1. The molecule has 3 aromatic rings. The number of rotatable bonds is 3. The number of nitrogens with zero attached hydrogens (tertiary/aromatic N) is 1. The lowest BCUT2D eigenvalue weighted by Crippen LogP contribution is -2.42. The van der Waals surface area contributed by atoms with E-state index in [1.54, 1.807) is 55.3 Å². The number of fused-ring (bicyclic) bond motifs is 9. The Morgan fingerprint density at radius 2 is 1.66 bits per heavy atom. The molecule has 9 heteroatoms. The highest BCUT2D eigenvalue weighted by molar-refractivity contribution is 8.00. The van der Waals surface area contributed by atoms with Crippen molar-refractivity contribution in [1.29, 1.82) is 0 Å². The Kier molecular flexibility index (Phi) is 4.54. The molecule has 178 valence electrons. The molecule has 7 atom stereocenters. The second kappa shape index (κ2) is 7.48. The summed E-state index contributed by atoms with van der Waals surface area (Å²) in [6.45, 7) is 0. The number of anilines is 1. The first-order chi connectivity index (χ1) is 17.0. The largest absolute Gasteiger partial charge is 0.508 e. The van der Waals surface area contributed by atoms with Gasteiger partial charge in [0.25, 0.3) is 0 Å². The van der Waals surface area contributed by atoms with E-state index in [-0.39, 0.29) is 63.2 Å². The highest BCUT2D eigenvalue weighted by Gasteiger charge is 2.69. The van der Waals surface area contributed by atoms with Crippen molar-refractivity contribution in [2.75, 3.05) is 12.0 Å². The van der Waals surface area contributed by atoms with Crippen molar-refractivity contribution in [3.63, 3.8) is 0 Å². The average Bonchev–Trinajstić information content (AvgIpc) is 3.59. The van der Waals surface area contributed by atoms with Gasteiger partial charge in [0.15, 0.2) is 0 Å². The summed E-state index contributed by atoms with van der Waals surface area (Å²) in [6.07, 6.45) is 0.847. The van der Waals surface area contributed by atoms with Crippen LogP contribution < -0.4 is 14.5 Å². The van der Waals surface area contributed by atoms with Crippen LogP contribution in [-0.4, -0.2) is 34.3 Å². The monoisotopic (exact) mass is 506 g/mol. The normalized spacial score (nSPS) is 32.5. The van der Waals surface area contributed by atoms with Crippen LogP contribution in [0.15, 0.2) is 58.4 Å². The molecule has 0 unspecified atom stereocenters. The van der Waals surface area contributed by atoms with Crippen LogP contribution in [0.5, 0.6) is 11.5 Å². The highest BCUT2D eigenvalue weighted by Crippen LogP contribution is 2.68. The number of aromatic nitrogens is 1. The summed E-state index contributed by atoms with van der Waals surface area (Å²) >= 11 is 2.91. The quantitative estimate of drug-likeness (QED) is 0.524. The van der Waals surface area contributed by atoms with E-state index in [4.69, 9.17) is 4.74 Å². The van der Waals surface area contributed by atoms with E-state index in [1.807, 2.05) is 12.1 Å². The Morgan fingerprint density at radius 3 is 2.34 bits per heavy atom. The van der Waals surface area contributed by atoms with E-state index in [1.165, 1.54) is 16.2 Å². The van der Waals surface area contributed by atoms with Gasteiger partial charge in [-0.2, -0.15) is 0 Å². The number of imide groups is 1. The third kappa shape index (κ3) is 2.88. The van der Waals surface area contributed by atoms with E-state index < -0.39 is 0 Å². The number of benzene rings is 2. The van der Waals surface area contributed by atoms with Crippen LogP contribution in [0.1, 0.15) is 22.8 Å². The van der Waals surface area contributed by atoms with Crippen LogP contribution in [0.2, 0.25) is 0 Å². The summed E-state index contributed by atoms with van der Waals surface area (Å²) in [5.74, 6) is 0.217. The molecule has 0 spiro atoms. The van der Waals surface area contributed by atoms with Gasteiger partial charge in [0.05, 0.1) is 29.7 Å². The first kappa shape index (κ1) is 21.3. The number of hydrogen-bond acceptors (Lipinski definition) is 7. The summed E-state index contributed by atoms with van der Waals surface area (Å²) in [4.78, 5) is 45.0. The third-order valence-electron chi connectivity index (χ3n) is 8.31. The zero-order chi connectivity index (χ0) is 24.0. The van der Waals surface area contributed by atoms with Crippen molar-refractivity contribution >= 4 is 40.6 Å². The van der Waals surface area contributed by atoms with E-state index in [0.717, 1.165) is 21.9 Å². The summed E-state index contributed by atoms with van der Waals surface area (Å²) in [5.41, 5.74) is 1.62. The molecule has 3 fully saturated rings. The zero-order valence-electron chi connectivity index (χ0n) is 18.7. The minimum absolute atomic E-state index is 0.0466. The van der Waals surface area contributed by atoms with Crippen LogP contribution >= 0.6 is 23.1 Å². The topological polar surface area (TPSA) is 99.7 Å². The van der Waals surface area contributed by atoms with Gasteiger partial charge in [0.2, 0.25) is 11.8 Å². The molecule has 1 aromatic heterocycles. The minimum atomic E-state index is -0.340. The van der Waals surface area contributed by atoms with Gasteiger partial charge in [-0.25, -0.2) is 0 Å². The molecule has 2 amide bonds. The maximum Gasteiger partial charge on any atom is 0.305 e. The van der Waals surface area contributed by atoms with Crippen molar-refractivity contribution < 1.29 is 19.4 Å². The number of amides is 2. The molecule has 7 rings (SSSR count). The highest BCUT2D eigenvalue weighted by atomic mass is 32.2. The number of aromatic hydroxyl groups is 1. The fourth-order valence-electron chi connectivity index (χ4n) is 7.06. The maximum atomic E-state index is 13.7. The molecule has 7 nitrogen and oxygen atoms in total. The van der Waals surface area contributed by atoms with Crippen LogP contribution in [0, 0.1) is 29.6 Å². The second-order valence-corrected chi connectivity index (χ2v) is 12.0. The summed E-state index contributed by atoms with van der Waals surface area (Å²) in [7, 11) is 1.58. The summed E-state index contributed by atoms with van der Waals surface area (Å²) < 4.78 is 5.23. The van der Waals surface area contributed by atoms with Crippen molar-refractivity contribution in [1.82, 2.24) is 4.98 Å². The molecule has 1 saturated heterocycles. The van der Waals surface area contributed by atoms with E-state index in [0.29, 0.717) is 11.4 Å². The SMILES string of the molecule is COc1ccc(N2C(=O)[C@@H]3[C@H]4C[C@@H]([C@@H]3C2=O)[C@@H]2[C@H](c3ccc(O)cc3)c3sc(=O)[nH]c3S[C@H]42)cc1. The van der Waals surface area contributed by atoms with Crippen LogP contribution in [-0.2, 0) is 9.59 Å². The van der Waals surface area contributed by atoms with Gasteiger partial charge in [-0.15, -0.1) is 11.8 Å². The summed E-state index contributed by atoms with van der Waals surface area (Å²) in [6, 6.07) is 14.2. The zero-order valence-corrected chi connectivity index (χ0v) is 20.3. The van der Waals surface area contributed by atoms with Crippen molar-refractivity contribution in [3.05, 3.63) is 68.6 Å². The lowest BCUT2D eigenvalue weighted by molar-refractivity contribution is -0.123. The minimum Gasteiger partial charge on any atom is -0.508 e. The first-order valence-electron chi connectivity index (χ1n) is 11.7. The fourth-order valence-corrected chi connectivity index (χ4v) is 9.95. The van der Waals surface area contributed by atoms with Gasteiger partial charge < -0.3 is 14.8 Å². The Morgan fingerprint density at radius 1 is 0.971 bits per heavy atom. The van der Waals surface area contributed by atoms with Crippen molar-refractivity contribution in [3.8, 4) is 11.5 Å². The Hall–Kier alpha value is -3.04. The maximum absolute atomic E-state index is 13.7. The molecule has 2 aliphatic carbocycles. The third-order valence-corrected chi connectivity index (χ3v) is 10.9. The Labute approximate surface area is 209 Å². The van der Waals surface area contributed by atoms with E-state index >= 15 is 0 Å². The number of carbonyl (C=O) groups excluding carboxylic acids is 2. The molecule has 2 aromatic carbocycles. The van der Waals surface area contributed by atoms with Gasteiger partial charge in [-0.1, -0.05) is 23.5 Å². The lowest BCUT2D eigenvalue weighted by atomic mass is 9.68. The molecule has 35 heavy (non-hydrogen) atoms. The molecule has 0 radical (unpaired) electrons. The molecule has 2 bridgehead atoms. The van der Waals surface area contributed by atoms with Crippen molar-refractivity contribution in [2.24, 2.45) is 29.6 Å². The lowest BCUT2D eigenvalue weighted by Gasteiger charge is -2.43. The fraction of sp³-hybridized carbons (Fsp3) is 0.346. The number of phenolic OH excluding ortho intramolecular Hbond substituents is 1. The predicted octanol–water partition coefficient (Wildman–Crippen LogP) is 3.83. The molecule has 2 saturated carbocycles. The van der Waals surface area contributed by atoms with Crippen LogP contribution in [0.25, 0.3) is 0 Å². The number of thioether (sulfide) groups is 1. The Bertz CT molecular complexity index is 1410. The number of hydrogen-bond donors (Lipinski definition) is 2. The van der Waals surface area contributed by atoms with Crippen LogP contribution in [0.4, 0.5) is 5.69 Å². The number of thiazole rings is 1. The molecule has 2 N–H and O–H groups in total. The number of nitrogens with one attached hydrogen (secondary N) is 1. The molecule has 3 heterocycles. The number of ether oxygens (including phenoxy) is 1. The first-order valence-corrected chi connectivity index (χ1v) is 13.4. The van der Waals surface area contributed by atoms with E-state index in [9.17, 15) is 19.5 Å². The number of aromatic amines is 1. The average molecular weight is 507 g/mol. The van der Waals surface area contributed by atoms with Gasteiger partial charge in [0.1, 0.15) is 11.5 Å². The molecular formula is C26H22N2O5S2.